The molecule has 7 aromatic carbocycles. The predicted molar refractivity (Wildman–Crippen MR) is 190 cm³/mol. The van der Waals surface area contributed by atoms with Crippen LogP contribution in [0.4, 0.5) is 0 Å². The third kappa shape index (κ3) is 4.00. The number of rotatable bonds is 4. The lowest BCUT2D eigenvalue weighted by Crippen LogP contribution is -1.92. The van der Waals surface area contributed by atoms with E-state index in [1.54, 1.807) is 0 Å². The average Bonchev–Trinajstić information content (AvgIpc) is 3.64. The molecular weight excluding hydrogens is 551 g/mol. The van der Waals surface area contributed by atoms with Crippen LogP contribution >= 0.6 is 11.3 Å². The standard InChI is InChI=1S/C42H27NS/c1-2-12-33(13-3-1)43-39-18-6-4-14-35(39)38-27-31(24-25-40(38)43)29-22-20-28(21-23-29)30-10-8-11-32(26-30)34-16-9-17-37-36-15-5-7-19-41(36)44-42(34)37/h1-27H. The second-order valence-electron chi connectivity index (χ2n) is 11.4. The highest BCUT2D eigenvalue weighted by atomic mass is 32.1. The Bertz CT molecular complexity index is 2480. The van der Waals surface area contributed by atoms with Crippen LogP contribution in [0.5, 0.6) is 0 Å². The van der Waals surface area contributed by atoms with Crippen LogP contribution in [0, 0.1) is 0 Å². The Labute approximate surface area is 259 Å². The van der Waals surface area contributed by atoms with Crippen molar-refractivity contribution in [1.29, 1.82) is 0 Å². The lowest BCUT2D eigenvalue weighted by atomic mass is 9.96. The molecule has 0 saturated carbocycles. The average molecular weight is 578 g/mol. The second kappa shape index (κ2) is 10.1. The maximum Gasteiger partial charge on any atom is 0.0541 e. The zero-order valence-corrected chi connectivity index (χ0v) is 24.8. The highest BCUT2D eigenvalue weighted by Gasteiger charge is 2.14. The zero-order chi connectivity index (χ0) is 29.0. The molecule has 1 nitrogen and oxygen atoms in total. The van der Waals surface area contributed by atoms with Gasteiger partial charge < -0.3 is 4.57 Å². The van der Waals surface area contributed by atoms with E-state index < -0.39 is 0 Å². The van der Waals surface area contributed by atoms with Crippen molar-refractivity contribution in [1.82, 2.24) is 4.57 Å². The zero-order valence-electron chi connectivity index (χ0n) is 23.9. The minimum absolute atomic E-state index is 1.18. The maximum atomic E-state index is 2.36. The van der Waals surface area contributed by atoms with Crippen molar-refractivity contribution in [3.63, 3.8) is 0 Å². The van der Waals surface area contributed by atoms with E-state index in [0.29, 0.717) is 0 Å². The lowest BCUT2D eigenvalue weighted by Gasteiger charge is -2.09. The molecule has 0 bridgehead atoms. The molecule has 0 unspecified atom stereocenters. The molecule has 0 aliphatic rings. The van der Waals surface area contributed by atoms with Gasteiger partial charge in [0.2, 0.25) is 0 Å². The Morgan fingerprint density at radius 3 is 1.82 bits per heavy atom. The number of para-hydroxylation sites is 2. The fourth-order valence-electron chi connectivity index (χ4n) is 6.70. The van der Waals surface area contributed by atoms with Crippen LogP contribution in [0.2, 0.25) is 0 Å². The number of nitrogens with zero attached hydrogens (tertiary/aromatic N) is 1. The minimum Gasteiger partial charge on any atom is -0.309 e. The maximum absolute atomic E-state index is 2.36. The largest absolute Gasteiger partial charge is 0.309 e. The summed E-state index contributed by atoms with van der Waals surface area (Å²) in [5, 5.41) is 5.22. The summed E-state index contributed by atoms with van der Waals surface area (Å²) in [6.07, 6.45) is 0. The van der Waals surface area contributed by atoms with Gasteiger partial charge in [0.05, 0.1) is 11.0 Å². The number of fused-ring (bicyclic) bond motifs is 6. The Balaban J connectivity index is 1.09. The highest BCUT2D eigenvalue weighted by molar-refractivity contribution is 7.26. The van der Waals surface area contributed by atoms with Crippen molar-refractivity contribution >= 4 is 53.3 Å². The summed E-state index contributed by atoms with van der Waals surface area (Å²) < 4.78 is 5.05. The SMILES string of the molecule is c1ccc(-n2c3ccccc3c3cc(-c4ccc(-c5cccc(-c6cccc7c6sc6ccccc67)c5)cc4)ccc32)cc1. The number of hydrogen-bond acceptors (Lipinski definition) is 1. The van der Waals surface area contributed by atoms with E-state index in [4.69, 9.17) is 0 Å². The first-order valence-electron chi connectivity index (χ1n) is 15.0. The van der Waals surface area contributed by atoms with Gasteiger partial charge in [-0.25, -0.2) is 0 Å². The molecule has 9 aromatic rings. The molecule has 0 amide bonds. The summed E-state index contributed by atoms with van der Waals surface area (Å²) in [6.45, 7) is 0. The first-order valence-corrected chi connectivity index (χ1v) is 15.8. The van der Waals surface area contributed by atoms with Crippen LogP contribution in [0.1, 0.15) is 0 Å². The molecule has 9 rings (SSSR count). The topological polar surface area (TPSA) is 4.93 Å². The van der Waals surface area contributed by atoms with Crippen LogP contribution in [0.15, 0.2) is 164 Å². The quantitative estimate of drug-likeness (QED) is 0.196. The van der Waals surface area contributed by atoms with Gasteiger partial charge in [0.1, 0.15) is 0 Å². The van der Waals surface area contributed by atoms with Crippen molar-refractivity contribution in [3.05, 3.63) is 164 Å². The second-order valence-corrected chi connectivity index (χ2v) is 12.4. The molecule has 0 radical (unpaired) electrons. The third-order valence-electron chi connectivity index (χ3n) is 8.82. The minimum atomic E-state index is 1.18. The molecule has 2 aromatic heterocycles. The van der Waals surface area contributed by atoms with Crippen LogP contribution in [0.25, 0.3) is 81.0 Å². The van der Waals surface area contributed by atoms with Gasteiger partial charge in [-0.15, -0.1) is 11.3 Å². The Morgan fingerprint density at radius 2 is 0.977 bits per heavy atom. The smallest absolute Gasteiger partial charge is 0.0541 e. The van der Waals surface area contributed by atoms with Gasteiger partial charge in [-0.2, -0.15) is 0 Å². The summed E-state index contributed by atoms with van der Waals surface area (Å²) in [7, 11) is 0. The molecule has 2 heterocycles. The molecule has 0 aliphatic heterocycles. The van der Waals surface area contributed by atoms with E-state index in [-0.39, 0.29) is 0 Å². The summed E-state index contributed by atoms with van der Waals surface area (Å²) in [6, 6.07) is 59.6. The molecule has 0 aliphatic carbocycles. The lowest BCUT2D eigenvalue weighted by molar-refractivity contribution is 1.18. The summed E-state index contributed by atoms with van der Waals surface area (Å²) in [5.74, 6) is 0. The third-order valence-corrected chi connectivity index (χ3v) is 10.0. The van der Waals surface area contributed by atoms with Crippen molar-refractivity contribution in [2.24, 2.45) is 0 Å². The van der Waals surface area contributed by atoms with Crippen molar-refractivity contribution in [2.75, 3.05) is 0 Å². The normalized spacial score (nSPS) is 11.6. The fraction of sp³-hybridized carbons (Fsp3) is 0. The first-order chi connectivity index (χ1) is 21.8. The molecule has 0 fully saturated rings. The van der Waals surface area contributed by atoms with Crippen molar-refractivity contribution < 1.29 is 0 Å². The molecule has 2 heteroatoms. The van der Waals surface area contributed by atoms with Crippen LogP contribution in [-0.2, 0) is 0 Å². The van der Waals surface area contributed by atoms with Crippen molar-refractivity contribution in [3.8, 4) is 39.1 Å². The molecule has 0 saturated heterocycles. The van der Waals surface area contributed by atoms with E-state index in [1.807, 2.05) is 11.3 Å². The van der Waals surface area contributed by atoms with E-state index >= 15 is 0 Å². The van der Waals surface area contributed by atoms with Crippen LogP contribution < -0.4 is 0 Å². The number of benzene rings is 7. The summed E-state index contributed by atoms with van der Waals surface area (Å²) in [4.78, 5) is 0. The van der Waals surface area contributed by atoms with Gasteiger partial charge in [-0.1, -0.05) is 121 Å². The Kier molecular flexibility index (Phi) is 5.75. The monoisotopic (exact) mass is 577 g/mol. The number of thiophene rings is 1. The summed E-state index contributed by atoms with van der Waals surface area (Å²) in [5.41, 5.74) is 11.1. The van der Waals surface area contributed by atoms with Gasteiger partial charge in [0.25, 0.3) is 0 Å². The van der Waals surface area contributed by atoms with Crippen LogP contribution in [0.3, 0.4) is 0 Å². The van der Waals surface area contributed by atoms with Gasteiger partial charge >= 0.3 is 0 Å². The highest BCUT2D eigenvalue weighted by Crippen LogP contribution is 2.41. The molecule has 0 N–H and O–H groups in total. The molecule has 44 heavy (non-hydrogen) atoms. The Hall–Kier alpha value is -5.44. The van der Waals surface area contributed by atoms with Gasteiger partial charge in [-0.3, -0.25) is 0 Å². The van der Waals surface area contributed by atoms with Crippen LogP contribution in [-0.4, -0.2) is 4.57 Å². The number of hydrogen-bond donors (Lipinski definition) is 0. The van der Waals surface area contributed by atoms with E-state index in [1.165, 1.54) is 81.0 Å². The fourth-order valence-corrected chi connectivity index (χ4v) is 7.94. The first kappa shape index (κ1) is 25.1. The molecule has 206 valence electrons. The molecular formula is C42H27NS. The Morgan fingerprint density at radius 1 is 0.364 bits per heavy atom. The van der Waals surface area contributed by atoms with Gasteiger partial charge in [0, 0.05) is 36.6 Å². The number of aromatic nitrogens is 1. The van der Waals surface area contributed by atoms with E-state index in [2.05, 4.69) is 168 Å². The molecule has 0 atom stereocenters. The predicted octanol–water partition coefficient (Wildman–Crippen LogP) is 12.2. The van der Waals surface area contributed by atoms with E-state index in [0.717, 1.165) is 0 Å². The van der Waals surface area contributed by atoms with E-state index in [9.17, 15) is 0 Å². The van der Waals surface area contributed by atoms with Gasteiger partial charge in [0.15, 0.2) is 0 Å². The van der Waals surface area contributed by atoms with Crippen molar-refractivity contribution in [2.45, 2.75) is 0 Å². The van der Waals surface area contributed by atoms with Gasteiger partial charge in [-0.05, 0) is 75.8 Å². The molecule has 0 spiro atoms. The summed E-state index contributed by atoms with van der Waals surface area (Å²) >= 11 is 1.88.